The lowest BCUT2D eigenvalue weighted by atomic mass is 9.88. The smallest absolute Gasteiger partial charge is 0.248 e. The van der Waals surface area contributed by atoms with Crippen molar-refractivity contribution in [3.05, 3.63) is 42.4 Å². The number of fused-ring (bicyclic) bond motifs is 4. The van der Waals surface area contributed by atoms with Crippen molar-refractivity contribution in [1.29, 1.82) is 0 Å². The minimum absolute atomic E-state index is 0.0811. The average Bonchev–Trinajstić information content (AvgIpc) is 3.34. The van der Waals surface area contributed by atoms with Crippen molar-refractivity contribution in [3.8, 4) is 5.82 Å². The maximum atomic E-state index is 12.7. The van der Waals surface area contributed by atoms with E-state index in [1.165, 1.54) is 5.69 Å². The molecule has 4 heterocycles. The maximum absolute atomic E-state index is 12.7. The molecule has 0 bridgehead atoms. The van der Waals surface area contributed by atoms with Crippen LogP contribution in [0.5, 0.6) is 0 Å². The molecule has 2 aromatic rings. The monoisotopic (exact) mass is 382 g/mol. The molecule has 28 heavy (non-hydrogen) atoms. The highest BCUT2D eigenvalue weighted by atomic mass is 16.5. The second-order valence-electron chi connectivity index (χ2n) is 8.18. The fraction of sp³-hybridized carbons (Fsp3) is 0.545. The van der Waals surface area contributed by atoms with Crippen LogP contribution >= 0.6 is 0 Å². The number of rotatable bonds is 6. The summed E-state index contributed by atoms with van der Waals surface area (Å²) in [4.78, 5) is 21.8. The Morgan fingerprint density at radius 2 is 2.18 bits per heavy atom. The van der Waals surface area contributed by atoms with E-state index in [9.17, 15) is 4.79 Å². The van der Waals surface area contributed by atoms with Gasteiger partial charge in [-0.15, -0.1) is 0 Å². The van der Waals surface area contributed by atoms with Gasteiger partial charge in [-0.3, -0.25) is 4.79 Å². The topological polar surface area (TPSA) is 50.6 Å². The summed E-state index contributed by atoms with van der Waals surface area (Å²) in [5.41, 5.74) is 2.18. The van der Waals surface area contributed by atoms with E-state index in [2.05, 4.69) is 52.7 Å². The lowest BCUT2D eigenvalue weighted by molar-refractivity contribution is -0.135. The molecule has 1 atom stereocenters. The van der Waals surface area contributed by atoms with Crippen molar-refractivity contribution in [1.82, 2.24) is 14.5 Å². The molecule has 0 aliphatic carbocycles. The number of amides is 1. The van der Waals surface area contributed by atoms with E-state index in [0.717, 1.165) is 37.4 Å². The second kappa shape index (κ2) is 7.59. The fourth-order valence-corrected chi connectivity index (χ4v) is 4.54. The van der Waals surface area contributed by atoms with Gasteiger partial charge in [0.25, 0.3) is 0 Å². The lowest BCUT2D eigenvalue weighted by Crippen LogP contribution is -2.53. The highest BCUT2D eigenvalue weighted by Gasteiger charge is 2.50. The second-order valence-corrected chi connectivity index (χ2v) is 8.18. The zero-order valence-electron chi connectivity index (χ0n) is 17.1. The van der Waals surface area contributed by atoms with Gasteiger partial charge in [-0.25, -0.2) is 4.98 Å². The van der Waals surface area contributed by atoms with Crippen LogP contribution in [0.1, 0.15) is 39.3 Å². The zero-order valence-corrected chi connectivity index (χ0v) is 17.1. The molecule has 6 heteroatoms. The predicted octanol–water partition coefficient (Wildman–Crippen LogP) is 3.20. The van der Waals surface area contributed by atoms with Crippen LogP contribution in [0.2, 0.25) is 0 Å². The summed E-state index contributed by atoms with van der Waals surface area (Å²) >= 11 is 0. The van der Waals surface area contributed by atoms with Gasteiger partial charge in [0.15, 0.2) is 5.82 Å². The summed E-state index contributed by atoms with van der Waals surface area (Å²) in [7, 11) is 0. The number of ether oxygens (including phenoxy) is 1. The van der Waals surface area contributed by atoms with Crippen LogP contribution < -0.4 is 4.90 Å². The Balaban J connectivity index is 1.73. The van der Waals surface area contributed by atoms with Gasteiger partial charge in [0, 0.05) is 38.6 Å². The average molecular weight is 383 g/mol. The van der Waals surface area contributed by atoms with Crippen molar-refractivity contribution < 1.29 is 9.53 Å². The molecule has 6 nitrogen and oxygen atoms in total. The minimum Gasteiger partial charge on any atom is -0.372 e. The van der Waals surface area contributed by atoms with E-state index in [0.29, 0.717) is 19.1 Å². The van der Waals surface area contributed by atoms with Crippen LogP contribution in [-0.2, 0) is 15.1 Å². The number of hydrogen-bond acceptors (Lipinski definition) is 4. The molecule has 0 saturated carbocycles. The van der Waals surface area contributed by atoms with E-state index in [4.69, 9.17) is 4.74 Å². The van der Waals surface area contributed by atoms with Crippen LogP contribution in [0.3, 0.4) is 0 Å². The number of likely N-dealkylation sites (tertiary alicyclic amines) is 1. The summed E-state index contributed by atoms with van der Waals surface area (Å²) in [6.45, 7) is 9.57. The number of carbonyl (C=O) groups is 1. The first-order valence-electron chi connectivity index (χ1n) is 10.3. The van der Waals surface area contributed by atoms with Crippen LogP contribution in [0, 0.1) is 5.92 Å². The van der Waals surface area contributed by atoms with Gasteiger partial charge >= 0.3 is 0 Å². The highest BCUT2D eigenvalue weighted by molar-refractivity contribution is 5.78. The quantitative estimate of drug-likeness (QED) is 0.770. The van der Waals surface area contributed by atoms with Gasteiger partial charge in [0.05, 0.1) is 11.4 Å². The number of pyridine rings is 1. The van der Waals surface area contributed by atoms with E-state index in [1.807, 2.05) is 24.1 Å². The Hall–Kier alpha value is -2.34. The van der Waals surface area contributed by atoms with Crippen molar-refractivity contribution >= 4 is 11.6 Å². The van der Waals surface area contributed by atoms with Crippen molar-refractivity contribution in [3.63, 3.8) is 0 Å². The summed E-state index contributed by atoms with van der Waals surface area (Å²) < 4.78 is 7.59. The molecule has 2 aromatic heterocycles. The molecule has 0 unspecified atom stereocenters. The third-order valence-corrected chi connectivity index (χ3v) is 5.99. The Morgan fingerprint density at radius 3 is 2.96 bits per heavy atom. The number of aromatic nitrogens is 2. The Labute approximate surface area is 167 Å². The normalized spacial score (nSPS) is 20.7. The molecular formula is C22H30N4O2. The summed E-state index contributed by atoms with van der Waals surface area (Å²) in [5, 5.41) is 0. The van der Waals surface area contributed by atoms with Crippen molar-refractivity contribution in [2.45, 2.75) is 39.2 Å². The first-order chi connectivity index (χ1) is 13.6. The first kappa shape index (κ1) is 19.0. The van der Waals surface area contributed by atoms with Gasteiger partial charge in [-0.1, -0.05) is 13.8 Å². The third-order valence-electron chi connectivity index (χ3n) is 5.99. The van der Waals surface area contributed by atoms with E-state index >= 15 is 0 Å². The van der Waals surface area contributed by atoms with Gasteiger partial charge in [-0.2, -0.15) is 0 Å². The maximum Gasteiger partial charge on any atom is 0.248 e. The summed E-state index contributed by atoms with van der Waals surface area (Å²) in [5.74, 6) is 1.68. The van der Waals surface area contributed by atoms with Crippen molar-refractivity contribution in [2.24, 2.45) is 5.92 Å². The van der Waals surface area contributed by atoms with Gasteiger partial charge in [-0.05, 0) is 49.9 Å². The molecule has 0 radical (unpaired) electrons. The highest BCUT2D eigenvalue weighted by Crippen LogP contribution is 2.47. The van der Waals surface area contributed by atoms with Gasteiger partial charge < -0.3 is 19.1 Å². The molecule has 0 N–H and O–H groups in total. The minimum atomic E-state index is -0.212. The predicted molar refractivity (Wildman–Crippen MR) is 110 cm³/mol. The Morgan fingerprint density at radius 1 is 1.32 bits per heavy atom. The number of carbonyl (C=O) groups excluding carboxylic acids is 1. The lowest BCUT2D eigenvalue weighted by Gasteiger charge is -2.47. The molecule has 0 aromatic carbocycles. The molecule has 1 spiro atoms. The van der Waals surface area contributed by atoms with Gasteiger partial charge in [0.2, 0.25) is 5.91 Å². The Kier molecular flexibility index (Phi) is 5.15. The summed E-state index contributed by atoms with van der Waals surface area (Å²) in [6.07, 6.45) is 5.96. The first-order valence-corrected chi connectivity index (χ1v) is 10.3. The Bertz CT molecular complexity index is 847. The number of hydrogen-bond donors (Lipinski definition) is 0. The van der Waals surface area contributed by atoms with Crippen LogP contribution in [0.25, 0.3) is 5.82 Å². The zero-order chi connectivity index (χ0) is 19.7. The fourth-order valence-electron chi connectivity index (χ4n) is 4.54. The molecule has 2 aliphatic heterocycles. The number of nitrogens with zero attached hydrogens (tertiary/aromatic N) is 4. The molecule has 4 rings (SSSR count). The van der Waals surface area contributed by atoms with Gasteiger partial charge in [0.1, 0.15) is 12.1 Å². The third kappa shape index (κ3) is 3.09. The van der Waals surface area contributed by atoms with Crippen molar-refractivity contribution in [2.75, 3.05) is 37.7 Å². The van der Waals surface area contributed by atoms with Crippen LogP contribution in [0.15, 0.2) is 36.7 Å². The SMILES string of the molecule is CCOCC(=O)N1CC[C@@]2(C1)c1cccn1-c1ncccc1N2CCC(C)C. The molecule has 1 saturated heterocycles. The molecular weight excluding hydrogens is 352 g/mol. The van der Waals surface area contributed by atoms with E-state index in [-0.39, 0.29) is 18.1 Å². The standard InChI is InChI=1S/C22H30N4O2/c1-4-28-15-20(27)24-14-10-22(16-24)19-8-6-12-25(19)21-18(7-5-11-23-21)26(22)13-9-17(2)3/h5-8,11-12,17H,4,9-10,13-16H2,1-3H3/t22-/m1/s1. The molecule has 2 aliphatic rings. The summed E-state index contributed by atoms with van der Waals surface area (Å²) in [6, 6.07) is 8.46. The van der Waals surface area contributed by atoms with Crippen LogP contribution in [0.4, 0.5) is 5.69 Å². The van der Waals surface area contributed by atoms with Crippen LogP contribution in [-0.4, -0.2) is 53.2 Å². The number of anilines is 1. The molecule has 150 valence electrons. The molecule has 1 fully saturated rings. The largest absolute Gasteiger partial charge is 0.372 e. The molecule has 1 amide bonds. The van der Waals surface area contributed by atoms with E-state index in [1.54, 1.807) is 0 Å². The van der Waals surface area contributed by atoms with E-state index < -0.39 is 0 Å².